The normalized spacial score (nSPS) is 24.9. The molecule has 220 valence electrons. The van der Waals surface area contributed by atoms with Crippen molar-refractivity contribution in [3.63, 3.8) is 0 Å². The summed E-state index contributed by atoms with van der Waals surface area (Å²) in [4.78, 5) is 11.9. The van der Waals surface area contributed by atoms with Gasteiger partial charge in [0.2, 0.25) is 0 Å². The zero-order chi connectivity index (χ0) is 30.6. The third-order valence-corrected chi connectivity index (χ3v) is 8.31. The van der Waals surface area contributed by atoms with Crippen LogP contribution in [0.15, 0.2) is 131 Å². The van der Waals surface area contributed by atoms with Crippen LogP contribution in [0, 0.1) is 22.7 Å². The summed E-state index contributed by atoms with van der Waals surface area (Å²) in [5, 5.41) is 0. The first-order valence-electron chi connectivity index (χ1n) is 15.2. The van der Waals surface area contributed by atoms with Crippen LogP contribution in [0.4, 0.5) is 0 Å². The Morgan fingerprint density at radius 1 is 0.659 bits per heavy atom. The highest BCUT2D eigenvalue weighted by Gasteiger charge is 2.34. The Balaban J connectivity index is 1.88. The maximum atomic E-state index is 11.9. The molecule has 0 aromatic heterocycles. The number of ketones is 1. The number of carbonyl (C=O) groups excluding carboxylic acids is 1. The van der Waals surface area contributed by atoms with Crippen LogP contribution in [0.5, 0.6) is 0 Å². The Hall–Kier alpha value is -3.19. The molecular weight excluding hydrogens is 496 g/mol. The minimum absolute atomic E-state index is 0.0349. The van der Waals surface area contributed by atoms with Gasteiger partial charge in [-0.25, -0.2) is 0 Å². The van der Waals surface area contributed by atoms with Gasteiger partial charge in [-0.1, -0.05) is 152 Å². The molecule has 0 N–H and O–H groups in total. The third-order valence-electron chi connectivity index (χ3n) is 8.31. The third kappa shape index (κ3) is 11.7. The SMILES string of the molecule is CC(C=CC=C(C)C=CC1C(C)=CCCC1(C)C)=CC=CC=C(C)C=CC=C(C)C=CC1C(C)=CC(=O)CC1(C)C. The molecule has 0 spiro atoms. The lowest BCUT2D eigenvalue weighted by Crippen LogP contribution is -2.30. The molecule has 1 nitrogen and oxygen atoms in total. The quantitative estimate of drug-likeness (QED) is 0.195. The largest absolute Gasteiger partial charge is 0.295 e. The number of hydrogen-bond donors (Lipinski definition) is 0. The van der Waals surface area contributed by atoms with Crippen molar-refractivity contribution in [1.82, 2.24) is 0 Å². The number of carbonyl (C=O) groups is 1. The van der Waals surface area contributed by atoms with Gasteiger partial charge in [0.1, 0.15) is 0 Å². The number of rotatable bonds is 10. The fourth-order valence-electron chi connectivity index (χ4n) is 5.80. The molecule has 2 aliphatic carbocycles. The molecule has 0 aliphatic heterocycles. The van der Waals surface area contributed by atoms with Crippen LogP contribution in [0.2, 0.25) is 0 Å². The van der Waals surface area contributed by atoms with Gasteiger partial charge in [-0.15, -0.1) is 0 Å². The van der Waals surface area contributed by atoms with Gasteiger partial charge in [-0.2, -0.15) is 0 Å². The van der Waals surface area contributed by atoms with Gasteiger partial charge in [0.25, 0.3) is 0 Å². The van der Waals surface area contributed by atoms with E-state index in [1.54, 1.807) is 0 Å². The van der Waals surface area contributed by atoms with Crippen LogP contribution >= 0.6 is 0 Å². The van der Waals surface area contributed by atoms with E-state index in [-0.39, 0.29) is 11.2 Å². The molecule has 0 aromatic carbocycles. The van der Waals surface area contributed by atoms with Crippen molar-refractivity contribution in [1.29, 1.82) is 0 Å². The summed E-state index contributed by atoms with van der Waals surface area (Å²) in [6.07, 6.45) is 37.6. The molecule has 0 heterocycles. The fraction of sp³-hybridized carbons (Fsp3) is 0.425. The standard InChI is InChI=1S/C40H54O/c1-30(18-13-20-32(3)23-25-37-34(5)22-15-27-39(37,7)8)16-11-12-17-31(2)19-14-21-33(4)24-26-38-35(6)28-36(41)29-40(38,9)10/h11-14,16-26,28,37-38H,15,27,29H2,1-10H3. The lowest BCUT2D eigenvalue weighted by atomic mass is 9.68. The first kappa shape index (κ1) is 34.0. The van der Waals surface area contributed by atoms with Gasteiger partial charge >= 0.3 is 0 Å². The summed E-state index contributed by atoms with van der Waals surface area (Å²) >= 11 is 0. The van der Waals surface area contributed by atoms with Crippen molar-refractivity contribution >= 4 is 5.78 Å². The van der Waals surface area contributed by atoms with E-state index in [9.17, 15) is 4.79 Å². The van der Waals surface area contributed by atoms with Gasteiger partial charge in [-0.3, -0.25) is 4.79 Å². The van der Waals surface area contributed by atoms with E-state index in [1.807, 2.05) is 6.08 Å². The summed E-state index contributed by atoms with van der Waals surface area (Å²) in [5.74, 6) is 1.06. The predicted molar refractivity (Wildman–Crippen MR) is 182 cm³/mol. The van der Waals surface area contributed by atoms with E-state index in [4.69, 9.17) is 0 Å². The Morgan fingerprint density at radius 3 is 1.56 bits per heavy atom. The van der Waals surface area contributed by atoms with Gasteiger partial charge in [0, 0.05) is 18.3 Å². The van der Waals surface area contributed by atoms with E-state index < -0.39 is 0 Å². The molecular formula is C40H54O. The highest BCUT2D eigenvalue weighted by atomic mass is 16.1. The summed E-state index contributed by atoms with van der Waals surface area (Å²) in [6, 6.07) is 0. The van der Waals surface area contributed by atoms with Crippen molar-refractivity contribution < 1.29 is 4.79 Å². The fourth-order valence-corrected chi connectivity index (χ4v) is 5.80. The molecule has 41 heavy (non-hydrogen) atoms. The molecule has 0 bridgehead atoms. The van der Waals surface area contributed by atoms with Gasteiger partial charge in [-0.05, 0) is 71.3 Å². The lowest BCUT2D eigenvalue weighted by molar-refractivity contribution is -0.117. The zero-order valence-corrected chi connectivity index (χ0v) is 27.4. The van der Waals surface area contributed by atoms with Crippen molar-refractivity contribution in [3.05, 3.63) is 131 Å². The highest BCUT2D eigenvalue weighted by molar-refractivity contribution is 5.92. The van der Waals surface area contributed by atoms with E-state index >= 15 is 0 Å². The first-order valence-corrected chi connectivity index (χ1v) is 15.2. The van der Waals surface area contributed by atoms with Crippen LogP contribution < -0.4 is 0 Å². The van der Waals surface area contributed by atoms with Crippen molar-refractivity contribution in [2.24, 2.45) is 22.7 Å². The summed E-state index contributed by atoms with van der Waals surface area (Å²) < 4.78 is 0. The van der Waals surface area contributed by atoms with Crippen LogP contribution in [-0.2, 0) is 4.79 Å². The second-order valence-electron chi connectivity index (χ2n) is 13.4. The molecule has 0 saturated carbocycles. The molecule has 0 aromatic rings. The number of hydrogen-bond acceptors (Lipinski definition) is 1. The van der Waals surface area contributed by atoms with Crippen molar-refractivity contribution in [2.45, 2.75) is 88.5 Å². The van der Waals surface area contributed by atoms with E-state index in [0.29, 0.717) is 23.7 Å². The summed E-state index contributed by atoms with van der Waals surface area (Å²) in [5.41, 5.74) is 7.82. The molecule has 0 amide bonds. The smallest absolute Gasteiger partial charge is 0.156 e. The van der Waals surface area contributed by atoms with Crippen LogP contribution in [-0.4, -0.2) is 5.78 Å². The highest BCUT2D eigenvalue weighted by Crippen LogP contribution is 2.42. The summed E-state index contributed by atoms with van der Waals surface area (Å²) in [7, 11) is 0. The Kier molecular flexibility index (Phi) is 13.0. The molecule has 0 fully saturated rings. The number of allylic oxidation sites excluding steroid dienone is 22. The Bertz CT molecular complexity index is 1270. The van der Waals surface area contributed by atoms with Crippen LogP contribution in [0.3, 0.4) is 0 Å². The molecule has 2 aliphatic rings. The maximum Gasteiger partial charge on any atom is 0.156 e. The average Bonchev–Trinajstić information content (AvgIpc) is 2.84. The average molecular weight is 551 g/mol. The van der Waals surface area contributed by atoms with Crippen LogP contribution in [0.1, 0.15) is 88.5 Å². The minimum atomic E-state index is -0.0349. The maximum absolute atomic E-state index is 11.9. The second-order valence-corrected chi connectivity index (χ2v) is 13.4. The molecule has 2 atom stereocenters. The Labute approximate surface area is 252 Å². The molecule has 1 heteroatoms. The second kappa shape index (κ2) is 15.7. The monoisotopic (exact) mass is 550 g/mol. The minimum Gasteiger partial charge on any atom is -0.295 e. The van der Waals surface area contributed by atoms with Crippen molar-refractivity contribution in [2.75, 3.05) is 0 Å². The molecule has 0 saturated heterocycles. The van der Waals surface area contributed by atoms with Gasteiger partial charge < -0.3 is 0 Å². The van der Waals surface area contributed by atoms with Crippen molar-refractivity contribution in [3.8, 4) is 0 Å². The molecule has 2 unspecified atom stereocenters. The zero-order valence-electron chi connectivity index (χ0n) is 27.4. The topological polar surface area (TPSA) is 17.1 Å². The molecule has 2 rings (SSSR count). The van der Waals surface area contributed by atoms with Gasteiger partial charge in [0.15, 0.2) is 5.78 Å². The van der Waals surface area contributed by atoms with E-state index in [0.717, 1.165) is 5.57 Å². The van der Waals surface area contributed by atoms with Crippen LogP contribution in [0.25, 0.3) is 0 Å². The van der Waals surface area contributed by atoms with E-state index in [2.05, 4.69) is 160 Å². The van der Waals surface area contributed by atoms with Gasteiger partial charge in [0.05, 0.1) is 0 Å². The Morgan fingerprint density at radius 2 is 1.10 bits per heavy atom. The summed E-state index contributed by atoms with van der Waals surface area (Å²) in [6.45, 7) is 22.0. The first-order chi connectivity index (χ1) is 19.2. The van der Waals surface area contributed by atoms with E-state index in [1.165, 1.54) is 40.7 Å². The molecule has 0 radical (unpaired) electrons. The lowest BCUT2D eigenvalue weighted by Gasteiger charge is -2.36. The predicted octanol–water partition coefficient (Wildman–Crippen LogP) is 11.5.